The fourth-order valence-electron chi connectivity index (χ4n) is 4.53. The summed E-state index contributed by atoms with van der Waals surface area (Å²) in [7, 11) is 1.25. The zero-order valence-corrected chi connectivity index (χ0v) is 20.0. The maximum Gasteiger partial charge on any atom is 0.337 e. The van der Waals surface area contributed by atoms with E-state index in [1.807, 2.05) is 19.9 Å². The number of ether oxygens (including phenoxy) is 1. The molecule has 35 heavy (non-hydrogen) atoms. The largest absolute Gasteiger partial charge is 0.478 e. The van der Waals surface area contributed by atoms with Crippen molar-refractivity contribution in [2.45, 2.75) is 45.3 Å². The van der Waals surface area contributed by atoms with E-state index in [1.54, 1.807) is 36.2 Å². The third-order valence-electron chi connectivity index (χ3n) is 6.44. The lowest BCUT2D eigenvalue weighted by molar-refractivity contribution is -0.132. The molecule has 8 nitrogen and oxygen atoms in total. The van der Waals surface area contributed by atoms with E-state index in [9.17, 15) is 23.5 Å². The number of pyridine rings is 1. The van der Waals surface area contributed by atoms with Crippen LogP contribution in [0.25, 0.3) is 5.65 Å². The number of halogens is 2. The van der Waals surface area contributed by atoms with E-state index in [0.29, 0.717) is 28.3 Å². The highest BCUT2D eigenvalue weighted by atomic mass is 19.3. The minimum absolute atomic E-state index is 0.0390. The Kier molecular flexibility index (Phi) is 6.50. The predicted octanol–water partition coefficient (Wildman–Crippen LogP) is 4.04. The maximum absolute atomic E-state index is 14.2. The molecule has 0 unspecified atom stereocenters. The summed E-state index contributed by atoms with van der Waals surface area (Å²) < 4.78 is 34.9. The molecule has 0 radical (unpaired) electrons. The van der Waals surface area contributed by atoms with Crippen molar-refractivity contribution < 1.29 is 23.4 Å². The first-order valence-corrected chi connectivity index (χ1v) is 11.3. The van der Waals surface area contributed by atoms with Crippen LogP contribution in [0.15, 0.2) is 41.3 Å². The number of hydrogen-bond acceptors (Lipinski definition) is 6. The summed E-state index contributed by atoms with van der Waals surface area (Å²) >= 11 is 0. The van der Waals surface area contributed by atoms with E-state index >= 15 is 0 Å². The molecule has 1 aliphatic heterocycles. The van der Waals surface area contributed by atoms with Crippen molar-refractivity contribution in [3.05, 3.63) is 69.1 Å². The number of carboxylic acids is 1. The Bertz CT molecular complexity index is 1340. The number of aromatic carboxylic acids is 1. The van der Waals surface area contributed by atoms with Gasteiger partial charge in [0.1, 0.15) is 17.6 Å². The summed E-state index contributed by atoms with van der Waals surface area (Å²) in [4.78, 5) is 31.4. The van der Waals surface area contributed by atoms with Crippen molar-refractivity contribution in [2.75, 3.05) is 30.4 Å². The molecule has 0 amide bonds. The third-order valence-corrected chi connectivity index (χ3v) is 6.44. The Labute approximate surface area is 201 Å². The van der Waals surface area contributed by atoms with Gasteiger partial charge in [-0.3, -0.25) is 9.20 Å². The van der Waals surface area contributed by atoms with Gasteiger partial charge < -0.3 is 20.1 Å². The van der Waals surface area contributed by atoms with Crippen molar-refractivity contribution in [2.24, 2.45) is 0 Å². The lowest BCUT2D eigenvalue weighted by atomic mass is 10.0. The van der Waals surface area contributed by atoms with E-state index in [-0.39, 0.29) is 24.2 Å². The van der Waals surface area contributed by atoms with E-state index in [0.717, 1.165) is 5.56 Å². The quantitative estimate of drug-likeness (QED) is 0.543. The van der Waals surface area contributed by atoms with Gasteiger partial charge in [-0.25, -0.2) is 18.6 Å². The average molecular weight is 487 g/mol. The number of piperidine rings is 1. The number of carboxylic acid groups (broad SMARTS) is 1. The highest BCUT2D eigenvalue weighted by molar-refractivity contribution is 5.94. The van der Waals surface area contributed by atoms with Crippen molar-refractivity contribution in [3.8, 4) is 0 Å². The minimum Gasteiger partial charge on any atom is -0.478 e. The molecule has 3 aromatic rings. The van der Waals surface area contributed by atoms with Crippen molar-refractivity contribution in [1.82, 2.24) is 9.38 Å². The standard InChI is InChI=1S/C25H28F2N4O4/c1-14-11-18(16(3)28-19-8-6-5-7-17(19)24(33)34)22-29-21(15(2)23(32)31(22)12-14)30-10-9-25(26,27)20(13-30)35-4/h5-8,11-12,16,20,28H,9-10,13H2,1-4H3,(H,33,34)/t16-,20+/m1/s1. The summed E-state index contributed by atoms with van der Waals surface area (Å²) in [6, 6.07) is 8.03. The van der Waals surface area contributed by atoms with Gasteiger partial charge in [0.2, 0.25) is 0 Å². The molecule has 10 heteroatoms. The predicted molar refractivity (Wildman–Crippen MR) is 129 cm³/mol. The molecule has 186 valence electrons. The van der Waals surface area contributed by atoms with Gasteiger partial charge in [0, 0.05) is 37.5 Å². The lowest BCUT2D eigenvalue weighted by Crippen LogP contribution is -2.52. The molecule has 1 saturated heterocycles. The Balaban J connectivity index is 1.80. The monoisotopic (exact) mass is 486 g/mol. The van der Waals surface area contributed by atoms with Gasteiger partial charge in [-0.05, 0) is 44.5 Å². The molecule has 0 bridgehead atoms. The zero-order chi connectivity index (χ0) is 25.5. The van der Waals surface area contributed by atoms with Crippen LogP contribution in [0.3, 0.4) is 0 Å². The van der Waals surface area contributed by atoms with Crippen molar-refractivity contribution in [1.29, 1.82) is 0 Å². The molecule has 2 atom stereocenters. The second-order valence-corrected chi connectivity index (χ2v) is 8.93. The van der Waals surface area contributed by atoms with Gasteiger partial charge >= 0.3 is 5.97 Å². The van der Waals surface area contributed by atoms with Gasteiger partial charge in [0.15, 0.2) is 0 Å². The number of methoxy groups -OCH3 is 1. The van der Waals surface area contributed by atoms with Gasteiger partial charge in [-0.1, -0.05) is 12.1 Å². The molecular weight excluding hydrogens is 458 g/mol. The van der Waals surface area contributed by atoms with Crippen LogP contribution in [-0.2, 0) is 4.74 Å². The van der Waals surface area contributed by atoms with E-state index in [1.165, 1.54) is 17.6 Å². The topological polar surface area (TPSA) is 96.2 Å². The first-order valence-electron chi connectivity index (χ1n) is 11.3. The molecule has 1 aromatic carbocycles. The number of nitrogens with one attached hydrogen (secondary N) is 1. The van der Waals surface area contributed by atoms with E-state index < -0.39 is 30.5 Å². The van der Waals surface area contributed by atoms with Gasteiger partial charge in [0.25, 0.3) is 11.5 Å². The van der Waals surface area contributed by atoms with Crippen LogP contribution in [0.1, 0.15) is 46.4 Å². The molecule has 1 aliphatic rings. The minimum atomic E-state index is -2.96. The molecule has 1 fully saturated rings. The van der Waals surface area contributed by atoms with Crippen LogP contribution in [0.4, 0.5) is 20.3 Å². The Morgan fingerprint density at radius 1 is 1.31 bits per heavy atom. The molecule has 0 aliphatic carbocycles. The Hall–Kier alpha value is -3.53. The number of aryl methyl sites for hydroxylation is 1. The number of para-hydroxylation sites is 1. The fraction of sp³-hybridized carbons (Fsp3) is 0.400. The molecule has 2 aromatic heterocycles. The average Bonchev–Trinajstić information content (AvgIpc) is 2.81. The first-order chi connectivity index (χ1) is 16.5. The normalized spacial score (nSPS) is 18.5. The fourth-order valence-corrected chi connectivity index (χ4v) is 4.53. The smallest absolute Gasteiger partial charge is 0.337 e. The number of aromatic nitrogens is 2. The number of nitrogens with zero attached hydrogens (tertiary/aromatic N) is 3. The van der Waals surface area contributed by atoms with Crippen LogP contribution in [0.2, 0.25) is 0 Å². The molecule has 3 heterocycles. The zero-order valence-electron chi connectivity index (χ0n) is 20.0. The number of anilines is 2. The maximum atomic E-state index is 14.2. The number of fused-ring (bicyclic) bond motifs is 1. The van der Waals surface area contributed by atoms with Crippen molar-refractivity contribution >= 4 is 23.1 Å². The van der Waals surface area contributed by atoms with Crippen LogP contribution in [-0.4, -0.2) is 52.7 Å². The second kappa shape index (κ2) is 9.26. The third kappa shape index (κ3) is 4.58. The summed E-state index contributed by atoms with van der Waals surface area (Å²) in [5.41, 5.74) is 2.49. The summed E-state index contributed by atoms with van der Waals surface area (Å²) in [5, 5.41) is 12.7. The number of carbonyl (C=O) groups is 1. The Morgan fingerprint density at radius 3 is 2.71 bits per heavy atom. The SMILES string of the molecule is CO[C@H]1CN(c2nc3c([C@@H](C)Nc4ccccc4C(=O)O)cc(C)cn3c(=O)c2C)CCC1(F)F. The summed E-state index contributed by atoms with van der Waals surface area (Å²) in [6.07, 6.45) is -0.0245. The lowest BCUT2D eigenvalue weighted by Gasteiger charge is -2.38. The van der Waals surface area contributed by atoms with Crippen LogP contribution < -0.4 is 15.8 Å². The summed E-state index contributed by atoms with van der Waals surface area (Å²) in [6.45, 7) is 5.29. The van der Waals surface area contributed by atoms with Gasteiger partial charge in [0.05, 0.1) is 23.7 Å². The number of rotatable bonds is 6. The van der Waals surface area contributed by atoms with Crippen molar-refractivity contribution in [3.63, 3.8) is 0 Å². The number of benzene rings is 1. The molecule has 2 N–H and O–H groups in total. The second-order valence-electron chi connectivity index (χ2n) is 8.93. The molecule has 0 spiro atoms. The number of alkyl halides is 2. The highest BCUT2D eigenvalue weighted by Gasteiger charge is 2.45. The van der Waals surface area contributed by atoms with Crippen LogP contribution in [0.5, 0.6) is 0 Å². The number of hydrogen-bond donors (Lipinski definition) is 2. The van der Waals surface area contributed by atoms with Gasteiger partial charge in [-0.2, -0.15) is 0 Å². The van der Waals surface area contributed by atoms with E-state index in [4.69, 9.17) is 9.72 Å². The highest BCUT2D eigenvalue weighted by Crippen LogP contribution is 2.33. The molecule has 0 saturated carbocycles. The Morgan fingerprint density at radius 2 is 2.03 bits per heavy atom. The molecular formula is C25H28F2N4O4. The van der Waals surface area contributed by atoms with Crippen LogP contribution >= 0.6 is 0 Å². The first kappa shape index (κ1) is 24.6. The van der Waals surface area contributed by atoms with Crippen LogP contribution in [0, 0.1) is 13.8 Å². The van der Waals surface area contributed by atoms with Gasteiger partial charge in [-0.15, -0.1) is 0 Å². The van der Waals surface area contributed by atoms with E-state index in [2.05, 4.69) is 5.32 Å². The molecule has 4 rings (SSSR count). The summed E-state index contributed by atoms with van der Waals surface area (Å²) in [5.74, 6) is -3.67.